The first-order valence-corrected chi connectivity index (χ1v) is 5.68. The molecular weight excluding hydrogens is 207 g/mol. The Hall–Kier alpha value is -1.13. The summed E-state index contributed by atoms with van der Waals surface area (Å²) in [7, 11) is 0. The minimum atomic E-state index is -0.266. The molecule has 2 aliphatic heterocycles. The highest BCUT2D eigenvalue weighted by Gasteiger charge is 2.38. The number of anilines is 1. The third-order valence-corrected chi connectivity index (χ3v) is 3.59. The largest absolute Gasteiger partial charge is 0.392 e. The Morgan fingerprint density at radius 1 is 1.50 bits per heavy atom. The zero-order chi connectivity index (χ0) is 11.1. The predicted molar refractivity (Wildman–Crippen MR) is 59.9 cm³/mol. The van der Waals surface area contributed by atoms with E-state index in [1.807, 2.05) is 6.07 Å². The summed E-state index contributed by atoms with van der Waals surface area (Å²) in [5.41, 5.74) is 1.02. The van der Waals surface area contributed by atoms with Gasteiger partial charge in [-0.05, 0) is 12.5 Å². The predicted octanol–water partition coefficient (Wildman–Crippen LogP) is 0.869. The monoisotopic (exact) mass is 222 g/mol. The van der Waals surface area contributed by atoms with Crippen molar-refractivity contribution in [2.75, 3.05) is 18.0 Å². The Kier molecular flexibility index (Phi) is 2.33. The number of nitrogens with zero attached hydrogens (tertiary/aromatic N) is 1. The van der Waals surface area contributed by atoms with E-state index in [9.17, 15) is 4.39 Å². The molecule has 0 spiro atoms. The number of aliphatic hydroxyl groups is 1. The van der Waals surface area contributed by atoms with Crippen molar-refractivity contribution in [1.29, 1.82) is 0 Å². The van der Waals surface area contributed by atoms with Crippen LogP contribution in [-0.2, 0) is 6.61 Å². The molecule has 0 saturated carbocycles. The Balaban J connectivity index is 1.95. The molecule has 0 amide bonds. The molecule has 0 unspecified atom stereocenters. The maximum Gasteiger partial charge on any atom is 0.151 e. The summed E-state index contributed by atoms with van der Waals surface area (Å²) in [6, 6.07) is 6.15. The van der Waals surface area contributed by atoms with Gasteiger partial charge in [0.1, 0.15) is 0 Å². The van der Waals surface area contributed by atoms with Gasteiger partial charge in [-0.1, -0.05) is 12.1 Å². The van der Waals surface area contributed by atoms with Crippen LogP contribution in [0, 0.1) is 5.82 Å². The molecule has 1 aromatic rings. The first-order chi connectivity index (χ1) is 7.79. The topological polar surface area (TPSA) is 35.5 Å². The van der Waals surface area contributed by atoms with Gasteiger partial charge in [-0.2, -0.15) is 0 Å². The number of fused-ring (bicyclic) bond motifs is 2. The fraction of sp³-hybridized carbons (Fsp3) is 0.500. The second-order valence-corrected chi connectivity index (χ2v) is 4.56. The van der Waals surface area contributed by atoms with Gasteiger partial charge in [-0.3, -0.25) is 0 Å². The van der Waals surface area contributed by atoms with Gasteiger partial charge in [0, 0.05) is 30.7 Å². The summed E-state index contributed by atoms with van der Waals surface area (Å²) in [4.78, 5) is 2.12. The highest BCUT2D eigenvalue weighted by atomic mass is 19.1. The highest BCUT2D eigenvalue weighted by Crippen LogP contribution is 2.32. The smallest absolute Gasteiger partial charge is 0.151 e. The van der Waals surface area contributed by atoms with Crippen LogP contribution in [0.2, 0.25) is 0 Å². The molecule has 1 aromatic carbocycles. The minimum Gasteiger partial charge on any atom is -0.392 e. The van der Waals surface area contributed by atoms with Crippen molar-refractivity contribution in [3.05, 3.63) is 29.6 Å². The van der Waals surface area contributed by atoms with Crippen LogP contribution in [0.25, 0.3) is 0 Å². The molecular formula is C12H15FN2O. The molecule has 16 heavy (non-hydrogen) atoms. The normalized spacial score (nSPS) is 27.8. The summed E-state index contributed by atoms with van der Waals surface area (Å²) in [5, 5.41) is 12.4. The number of aliphatic hydroxyl groups excluding tert-OH is 1. The zero-order valence-electron chi connectivity index (χ0n) is 8.99. The third-order valence-electron chi connectivity index (χ3n) is 3.59. The molecule has 2 N–H and O–H groups in total. The Morgan fingerprint density at radius 2 is 2.38 bits per heavy atom. The molecule has 2 aliphatic rings. The van der Waals surface area contributed by atoms with E-state index in [2.05, 4.69) is 10.2 Å². The van der Waals surface area contributed by atoms with E-state index in [-0.39, 0.29) is 12.4 Å². The van der Waals surface area contributed by atoms with Gasteiger partial charge in [0.2, 0.25) is 0 Å². The molecule has 2 atom stereocenters. The van der Waals surface area contributed by atoms with Gasteiger partial charge in [0.25, 0.3) is 0 Å². The second kappa shape index (κ2) is 3.71. The van der Waals surface area contributed by atoms with E-state index in [1.54, 1.807) is 12.1 Å². The van der Waals surface area contributed by atoms with Crippen molar-refractivity contribution >= 4 is 5.69 Å². The van der Waals surface area contributed by atoms with E-state index < -0.39 is 0 Å². The molecule has 3 nitrogen and oxygen atoms in total. The maximum absolute atomic E-state index is 14.0. The number of nitrogens with one attached hydrogen (secondary N) is 1. The quantitative estimate of drug-likeness (QED) is 0.779. The van der Waals surface area contributed by atoms with Gasteiger partial charge in [-0.25, -0.2) is 4.39 Å². The zero-order valence-corrected chi connectivity index (χ0v) is 8.99. The summed E-state index contributed by atoms with van der Waals surface area (Å²) in [5.74, 6) is -0.266. The van der Waals surface area contributed by atoms with Crippen molar-refractivity contribution in [3.8, 4) is 0 Å². The van der Waals surface area contributed by atoms with Crippen molar-refractivity contribution in [1.82, 2.24) is 5.32 Å². The van der Waals surface area contributed by atoms with Crippen molar-refractivity contribution in [2.45, 2.75) is 25.1 Å². The number of hydrogen-bond donors (Lipinski definition) is 2. The first kappa shape index (κ1) is 10.1. The molecule has 3 rings (SSSR count). The van der Waals surface area contributed by atoms with Gasteiger partial charge in [0.05, 0.1) is 12.3 Å². The standard InChI is InChI=1S/C12H15FN2O/c13-12-8(7-16)2-1-3-11(12)15-6-9-4-10(15)5-14-9/h1-3,9-10,14,16H,4-7H2/t9-,10-/m0/s1. The lowest BCUT2D eigenvalue weighted by molar-refractivity contribution is 0.275. The van der Waals surface area contributed by atoms with Crippen LogP contribution < -0.4 is 10.2 Å². The lowest BCUT2D eigenvalue weighted by Gasteiger charge is -2.30. The third kappa shape index (κ3) is 1.41. The summed E-state index contributed by atoms with van der Waals surface area (Å²) in [6.07, 6.45) is 1.10. The molecule has 0 aromatic heterocycles. The molecule has 0 aliphatic carbocycles. The van der Waals surface area contributed by atoms with Crippen molar-refractivity contribution in [3.63, 3.8) is 0 Å². The average molecular weight is 222 g/mol. The number of rotatable bonds is 2. The van der Waals surface area contributed by atoms with Crippen LogP contribution in [0.3, 0.4) is 0 Å². The number of benzene rings is 1. The number of piperazine rings is 1. The maximum atomic E-state index is 14.0. The van der Waals surface area contributed by atoms with E-state index >= 15 is 0 Å². The number of hydrogen-bond acceptors (Lipinski definition) is 3. The molecule has 2 bridgehead atoms. The fourth-order valence-electron chi connectivity index (χ4n) is 2.77. The lowest BCUT2D eigenvalue weighted by Crippen LogP contribution is -2.44. The molecule has 2 heterocycles. The molecule has 4 heteroatoms. The molecule has 2 saturated heterocycles. The van der Waals surface area contributed by atoms with Crippen LogP contribution in [-0.4, -0.2) is 30.3 Å². The van der Waals surface area contributed by atoms with Gasteiger partial charge >= 0.3 is 0 Å². The fourth-order valence-corrected chi connectivity index (χ4v) is 2.77. The number of halogens is 1. The Labute approximate surface area is 93.9 Å². The molecule has 2 fully saturated rings. The Bertz CT molecular complexity index is 410. The second-order valence-electron chi connectivity index (χ2n) is 4.56. The van der Waals surface area contributed by atoms with Crippen molar-refractivity contribution in [2.24, 2.45) is 0 Å². The van der Waals surface area contributed by atoms with Gasteiger partial charge < -0.3 is 15.3 Å². The van der Waals surface area contributed by atoms with Gasteiger partial charge in [0.15, 0.2) is 5.82 Å². The van der Waals surface area contributed by atoms with E-state index in [0.29, 0.717) is 23.3 Å². The minimum absolute atomic E-state index is 0.236. The molecule has 86 valence electrons. The molecule has 0 radical (unpaired) electrons. The summed E-state index contributed by atoms with van der Waals surface area (Å²) < 4.78 is 14.0. The van der Waals surface area contributed by atoms with Crippen molar-refractivity contribution < 1.29 is 9.50 Å². The van der Waals surface area contributed by atoms with E-state index in [4.69, 9.17) is 5.11 Å². The Morgan fingerprint density at radius 3 is 3.00 bits per heavy atom. The van der Waals surface area contributed by atoms with Crippen LogP contribution in [0.5, 0.6) is 0 Å². The van der Waals surface area contributed by atoms with Crippen LogP contribution in [0.1, 0.15) is 12.0 Å². The van der Waals surface area contributed by atoms with Crippen LogP contribution >= 0.6 is 0 Å². The SMILES string of the molecule is OCc1cccc(N2C[C@@H]3C[C@H]2CN3)c1F. The lowest BCUT2D eigenvalue weighted by atomic mass is 10.1. The average Bonchev–Trinajstić information content (AvgIpc) is 2.91. The summed E-state index contributed by atoms with van der Waals surface area (Å²) >= 11 is 0. The first-order valence-electron chi connectivity index (χ1n) is 5.68. The summed E-state index contributed by atoms with van der Waals surface area (Å²) in [6.45, 7) is 1.57. The van der Waals surface area contributed by atoms with Gasteiger partial charge in [-0.15, -0.1) is 0 Å². The van der Waals surface area contributed by atoms with Crippen LogP contribution in [0.15, 0.2) is 18.2 Å². The van der Waals surface area contributed by atoms with E-state index in [1.165, 1.54) is 0 Å². The van der Waals surface area contributed by atoms with Crippen LogP contribution in [0.4, 0.5) is 10.1 Å². The van der Waals surface area contributed by atoms with E-state index in [0.717, 1.165) is 19.5 Å². The highest BCUT2D eigenvalue weighted by molar-refractivity contribution is 5.53.